The summed E-state index contributed by atoms with van der Waals surface area (Å²) in [6.07, 6.45) is 10.2. The molecule has 0 atom stereocenters. The molecule has 0 aliphatic heterocycles. The lowest BCUT2D eigenvalue weighted by Gasteiger charge is -2.20. The van der Waals surface area contributed by atoms with Gasteiger partial charge in [0.15, 0.2) is 0 Å². The van der Waals surface area contributed by atoms with Gasteiger partial charge in [-0.05, 0) is 60.7 Å². The molecule has 3 rings (SSSR count). The minimum absolute atomic E-state index is 0.0354. The fraction of sp³-hybridized carbons (Fsp3) is 0.346. The topological polar surface area (TPSA) is 61.8 Å². The van der Waals surface area contributed by atoms with Crippen LogP contribution in [-0.4, -0.2) is 41.7 Å². The van der Waals surface area contributed by atoms with Crippen LogP contribution in [0.1, 0.15) is 64.4 Å². The van der Waals surface area contributed by atoms with Crippen LogP contribution in [0.15, 0.2) is 59.6 Å². The molecule has 1 aliphatic carbocycles. The second-order valence-corrected chi connectivity index (χ2v) is 8.69. The molecule has 0 heterocycles. The van der Waals surface area contributed by atoms with Crippen LogP contribution in [0.5, 0.6) is 0 Å². The van der Waals surface area contributed by atoms with E-state index in [9.17, 15) is 9.59 Å². The summed E-state index contributed by atoms with van der Waals surface area (Å²) in [4.78, 5) is 29.8. The van der Waals surface area contributed by atoms with Gasteiger partial charge in [-0.3, -0.25) is 18.9 Å². The zero-order chi connectivity index (χ0) is 22.9. The number of carbonyl (C=O) groups is 2. The number of amides is 2. The molecular weight excluding hydrogens is 418 g/mol. The van der Waals surface area contributed by atoms with Gasteiger partial charge in [0.2, 0.25) is 0 Å². The third kappa shape index (κ3) is 6.10. The average Bonchev–Trinajstić information content (AvgIpc) is 3.34. The van der Waals surface area contributed by atoms with Gasteiger partial charge >= 0.3 is 0 Å². The number of hydrogen-bond acceptors (Lipinski definition) is 4. The molecule has 0 aromatic heterocycles. The minimum atomic E-state index is -0.0592. The molecule has 0 bridgehead atoms. The van der Waals surface area contributed by atoms with Crippen molar-refractivity contribution in [1.82, 2.24) is 9.62 Å². The Bertz CT molecular complexity index is 992. The first-order chi connectivity index (χ1) is 15.5. The van der Waals surface area contributed by atoms with Gasteiger partial charge in [0.05, 0.1) is 6.54 Å². The molecule has 2 amide bonds. The summed E-state index contributed by atoms with van der Waals surface area (Å²) >= 11 is 1.38. The predicted molar refractivity (Wildman–Crippen MR) is 134 cm³/mol. The molecule has 0 spiro atoms. The van der Waals surface area contributed by atoms with Crippen molar-refractivity contribution in [1.29, 1.82) is 0 Å². The highest BCUT2D eigenvalue weighted by atomic mass is 32.2. The van der Waals surface area contributed by atoms with Crippen LogP contribution in [0.3, 0.4) is 0 Å². The molecule has 2 aromatic rings. The van der Waals surface area contributed by atoms with Gasteiger partial charge in [-0.15, -0.1) is 0 Å². The number of rotatable bonds is 8. The van der Waals surface area contributed by atoms with E-state index in [0.29, 0.717) is 17.7 Å². The number of hydrogen-bond donors (Lipinski definition) is 1. The quantitative estimate of drug-likeness (QED) is 0.435. The minimum Gasteiger partial charge on any atom is -0.349 e. The zero-order valence-electron chi connectivity index (χ0n) is 19.0. The maximum atomic E-state index is 13.1. The summed E-state index contributed by atoms with van der Waals surface area (Å²) in [5.41, 5.74) is 4.23. The summed E-state index contributed by atoms with van der Waals surface area (Å²) in [5, 5.41) is 3.13. The first kappa shape index (κ1) is 23.8. The van der Waals surface area contributed by atoms with E-state index >= 15 is 0 Å². The summed E-state index contributed by atoms with van der Waals surface area (Å²) in [6, 6.07) is 15.4. The number of aliphatic imine (C=N–C) groups is 1. The SMILES string of the molecule is C/C=C(\C=NC)c1ccc(C(=O)N(Cc2cccc(C(=O)NC3CCCC3)c2)SC)cc1. The Kier molecular flexibility index (Phi) is 8.68. The average molecular weight is 450 g/mol. The van der Waals surface area contributed by atoms with Gasteiger partial charge in [0, 0.05) is 36.7 Å². The Balaban J connectivity index is 1.69. The van der Waals surface area contributed by atoms with Gasteiger partial charge in [-0.25, -0.2) is 0 Å². The van der Waals surface area contributed by atoms with Crippen LogP contribution in [0.2, 0.25) is 0 Å². The summed E-state index contributed by atoms with van der Waals surface area (Å²) in [7, 11) is 1.74. The van der Waals surface area contributed by atoms with E-state index in [4.69, 9.17) is 0 Å². The van der Waals surface area contributed by atoms with Gasteiger partial charge in [0.1, 0.15) is 0 Å². The molecule has 0 unspecified atom stereocenters. The predicted octanol–water partition coefficient (Wildman–Crippen LogP) is 5.38. The van der Waals surface area contributed by atoms with Crippen LogP contribution in [0, 0.1) is 0 Å². The zero-order valence-corrected chi connectivity index (χ0v) is 19.8. The lowest BCUT2D eigenvalue weighted by Crippen LogP contribution is -2.32. The largest absolute Gasteiger partial charge is 0.349 e. The molecule has 0 saturated heterocycles. The van der Waals surface area contributed by atoms with E-state index < -0.39 is 0 Å². The van der Waals surface area contributed by atoms with Crippen molar-refractivity contribution in [2.75, 3.05) is 13.3 Å². The molecule has 32 heavy (non-hydrogen) atoms. The molecule has 1 N–H and O–H groups in total. The Morgan fingerprint density at radius 3 is 2.41 bits per heavy atom. The first-order valence-electron chi connectivity index (χ1n) is 11.0. The lowest BCUT2D eigenvalue weighted by atomic mass is 10.0. The molecule has 6 heteroatoms. The third-order valence-corrected chi connectivity index (χ3v) is 6.43. The molecular formula is C26H31N3O2S. The van der Waals surface area contributed by atoms with E-state index in [-0.39, 0.29) is 17.9 Å². The third-order valence-electron chi connectivity index (χ3n) is 5.70. The second kappa shape index (κ2) is 11.7. The maximum absolute atomic E-state index is 13.1. The van der Waals surface area contributed by atoms with Crippen molar-refractivity contribution >= 4 is 35.5 Å². The lowest BCUT2D eigenvalue weighted by molar-refractivity contribution is 0.0866. The second-order valence-electron chi connectivity index (χ2n) is 7.89. The van der Waals surface area contributed by atoms with Crippen molar-refractivity contribution in [3.63, 3.8) is 0 Å². The van der Waals surface area contributed by atoms with E-state index in [1.807, 2.05) is 67.8 Å². The number of nitrogens with zero attached hydrogens (tertiary/aromatic N) is 2. The number of nitrogens with one attached hydrogen (secondary N) is 1. The molecule has 2 aromatic carbocycles. The fourth-order valence-corrected chi connectivity index (χ4v) is 4.49. The molecule has 0 radical (unpaired) electrons. The van der Waals surface area contributed by atoms with Crippen LogP contribution in [0.4, 0.5) is 0 Å². The first-order valence-corrected chi connectivity index (χ1v) is 12.2. The Morgan fingerprint density at radius 2 is 1.78 bits per heavy atom. The van der Waals surface area contributed by atoms with Crippen LogP contribution in [-0.2, 0) is 6.54 Å². The van der Waals surface area contributed by atoms with E-state index in [1.54, 1.807) is 17.6 Å². The number of benzene rings is 2. The number of allylic oxidation sites excluding steroid dienone is 2. The standard InChI is InChI=1S/C26H31N3O2S/c1-4-20(17-27-2)21-12-14-22(15-13-21)26(31)29(32-3)18-19-8-7-9-23(16-19)25(30)28-24-10-5-6-11-24/h4,7-9,12-17,24H,5-6,10-11,18H2,1-3H3,(H,28,30)/b20-4+,27-17?. The van der Waals surface area contributed by atoms with E-state index in [1.165, 1.54) is 24.8 Å². The van der Waals surface area contributed by atoms with Crippen molar-refractivity contribution in [3.8, 4) is 0 Å². The van der Waals surface area contributed by atoms with Crippen LogP contribution >= 0.6 is 11.9 Å². The van der Waals surface area contributed by atoms with Crippen LogP contribution in [0.25, 0.3) is 5.57 Å². The molecule has 1 saturated carbocycles. The number of carbonyl (C=O) groups excluding carboxylic acids is 2. The molecule has 1 aliphatic rings. The summed E-state index contributed by atoms with van der Waals surface area (Å²) < 4.78 is 1.72. The Morgan fingerprint density at radius 1 is 1.09 bits per heavy atom. The highest BCUT2D eigenvalue weighted by Gasteiger charge is 2.19. The normalized spacial score (nSPS) is 14.7. The highest BCUT2D eigenvalue weighted by molar-refractivity contribution is 7.96. The van der Waals surface area contributed by atoms with Gasteiger partial charge < -0.3 is 5.32 Å². The smallest absolute Gasteiger partial charge is 0.264 e. The van der Waals surface area contributed by atoms with E-state index in [2.05, 4.69) is 10.3 Å². The summed E-state index contributed by atoms with van der Waals surface area (Å²) in [5.74, 6) is -0.0946. The van der Waals surface area contributed by atoms with Crippen molar-refractivity contribution in [2.24, 2.45) is 4.99 Å². The van der Waals surface area contributed by atoms with Crippen molar-refractivity contribution < 1.29 is 9.59 Å². The maximum Gasteiger partial charge on any atom is 0.264 e. The molecule has 168 valence electrons. The Hall–Kier alpha value is -2.86. The van der Waals surface area contributed by atoms with Gasteiger partial charge in [0.25, 0.3) is 11.8 Å². The van der Waals surface area contributed by atoms with Crippen LogP contribution < -0.4 is 5.32 Å². The van der Waals surface area contributed by atoms with Crippen molar-refractivity contribution in [3.05, 3.63) is 76.9 Å². The molecule has 5 nitrogen and oxygen atoms in total. The fourth-order valence-electron chi connectivity index (χ4n) is 3.94. The Labute approximate surface area is 195 Å². The monoisotopic (exact) mass is 449 g/mol. The van der Waals surface area contributed by atoms with Crippen molar-refractivity contribution in [2.45, 2.75) is 45.2 Å². The highest BCUT2D eigenvalue weighted by Crippen LogP contribution is 2.21. The summed E-state index contributed by atoms with van der Waals surface area (Å²) in [6.45, 7) is 2.39. The van der Waals surface area contributed by atoms with Gasteiger partial charge in [-0.2, -0.15) is 0 Å². The molecule has 1 fully saturated rings. The van der Waals surface area contributed by atoms with Gasteiger partial charge in [-0.1, -0.05) is 55.1 Å². The van der Waals surface area contributed by atoms with E-state index in [0.717, 1.165) is 29.5 Å².